The average Bonchev–Trinajstić information content (AvgIpc) is 2.81. The fourth-order valence-corrected chi connectivity index (χ4v) is 2.02. The van der Waals surface area contributed by atoms with Crippen LogP contribution in [-0.2, 0) is 6.61 Å². The van der Waals surface area contributed by atoms with E-state index in [0.29, 0.717) is 16.8 Å². The number of nitrogen functional groups attached to an aromatic ring is 1. The fraction of sp³-hybridized carbons (Fsp3) is 0.417. The van der Waals surface area contributed by atoms with E-state index >= 15 is 0 Å². The average molecular weight is 220 g/mol. The predicted octanol–water partition coefficient (Wildman–Crippen LogP) is 0.997. The molecule has 0 saturated carbocycles. The van der Waals surface area contributed by atoms with Gasteiger partial charge in [-0.25, -0.2) is 0 Å². The summed E-state index contributed by atoms with van der Waals surface area (Å²) in [5.74, 6) is -0.0196. The molecule has 4 heteroatoms. The minimum atomic E-state index is -0.130. The van der Waals surface area contributed by atoms with Gasteiger partial charge in [0.2, 0.25) is 0 Å². The van der Waals surface area contributed by atoms with E-state index in [1.165, 1.54) is 0 Å². The van der Waals surface area contributed by atoms with Crippen molar-refractivity contribution in [2.75, 3.05) is 18.8 Å². The lowest BCUT2D eigenvalue weighted by Gasteiger charge is -2.17. The number of benzene rings is 1. The van der Waals surface area contributed by atoms with Crippen molar-refractivity contribution < 1.29 is 9.90 Å². The molecule has 86 valence electrons. The third-order valence-corrected chi connectivity index (χ3v) is 2.93. The molecular formula is C12H16N2O2. The monoisotopic (exact) mass is 220 g/mol. The smallest absolute Gasteiger partial charge is 0.254 e. The Hall–Kier alpha value is -1.55. The molecule has 4 nitrogen and oxygen atoms in total. The zero-order valence-electron chi connectivity index (χ0n) is 9.15. The molecule has 3 N–H and O–H groups in total. The highest BCUT2D eigenvalue weighted by molar-refractivity contribution is 5.96. The number of hydrogen-bond donors (Lipinski definition) is 2. The number of aliphatic hydroxyl groups is 1. The Labute approximate surface area is 94.7 Å². The molecule has 16 heavy (non-hydrogen) atoms. The molecule has 0 spiro atoms. The third-order valence-electron chi connectivity index (χ3n) is 2.93. The van der Waals surface area contributed by atoms with E-state index in [9.17, 15) is 9.90 Å². The fourth-order valence-electron chi connectivity index (χ4n) is 2.02. The van der Waals surface area contributed by atoms with Crippen molar-refractivity contribution in [3.63, 3.8) is 0 Å². The lowest BCUT2D eigenvalue weighted by Crippen LogP contribution is -2.28. The first-order chi connectivity index (χ1) is 7.72. The Kier molecular flexibility index (Phi) is 3.10. The van der Waals surface area contributed by atoms with Gasteiger partial charge >= 0.3 is 0 Å². The molecular weight excluding hydrogens is 204 g/mol. The number of carbonyl (C=O) groups excluding carboxylic acids is 1. The summed E-state index contributed by atoms with van der Waals surface area (Å²) in [6.45, 7) is 1.48. The molecule has 1 saturated heterocycles. The largest absolute Gasteiger partial charge is 0.399 e. The topological polar surface area (TPSA) is 66.6 Å². The molecule has 1 amide bonds. The van der Waals surface area contributed by atoms with Crippen LogP contribution in [-0.4, -0.2) is 29.0 Å². The Bertz CT molecular complexity index is 398. The number of aliphatic hydroxyl groups excluding tert-OH is 1. The minimum absolute atomic E-state index is 0.0196. The van der Waals surface area contributed by atoms with E-state index in [4.69, 9.17) is 5.73 Å². The van der Waals surface area contributed by atoms with Gasteiger partial charge < -0.3 is 15.7 Å². The van der Waals surface area contributed by atoms with Crippen LogP contribution in [0.15, 0.2) is 18.2 Å². The Balaban J connectivity index is 2.30. The van der Waals surface area contributed by atoms with Gasteiger partial charge in [0.25, 0.3) is 5.91 Å². The second kappa shape index (κ2) is 4.53. The number of rotatable bonds is 2. The van der Waals surface area contributed by atoms with Crippen molar-refractivity contribution in [3.05, 3.63) is 29.3 Å². The van der Waals surface area contributed by atoms with Gasteiger partial charge in [0.05, 0.1) is 6.61 Å². The summed E-state index contributed by atoms with van der Waals surface area (Å²) in [7, 11) is 0. The molecule has 1 heterocycles. The summed E-state index contributed by atoms with van der Waals surface area (Å²) in [4.78, 5) is 14.0. The van der Waals surface area contributed by atoms with Gasteiger partial charge in [-0.3, -0.25) is 4.79 Å². The highest BCUT2D eigenvalue weighted by Gasteiger charge is 2.21. The summed E-state index contributed by atoms with van der Waals surface area (Å²) in [5.41, 5.74) is 7.40. The first kappa shape index (κ1) is 11.0. The van der Waals surface area contributed by atoms with Crippen LogP contribution in [0.4, 0.5) is 5.69 Å². The molecule has 1 aromatic rings. The minimum Gasteiger partial charge on any atom is -0.399 e. The number of anilines is 1. The molecule has 2 rings (SSSR count). The van der Waals surface area contributed by atoms with Gasteiger partial charge in [0.15, 0.2) is 0 Å². The maximum atomic E-state index is 12.1. The van der Waals surface area contributed by atoms with E-state index in [2.05, 4.69) is 0 Å². The zero-order chi connectivity index (χ0) is 11.5. The summed E-state index contributed by atoms with van der Waals surface area (Å²) >= 11 is 0. The quantitative estimate of drug-likeness (QED) is 0.731. The van der Waals surface area contributed by atoms with Crippen molar-refractivity contribution in [1.29, 1.82) is 0 Å². The Morgan fingerprint density at radius 2 is 2.06 bits per heavy atom. The first-order valence-electron chi connectivity index (χ1n) is 5.51. The Morgan fingerprint density at radius 3 is 2.69 bits per heavy atom. The van der Waals surface area contributed by atoms with Gasteiger partial charge in [-0.1, -0.05) is 6.07 Å². The highest BCUT2D eigenvalue weighted by atomic mass is 16.3. The summed E-state index contributed by atoms with van der Waals surface area (Å²) in [6, 6.07) is 5.05. The van der Waals surface area contributed by atoms with Crippen LogP contribution in [0.25, 0.3) is 0 Å². The molecule has 0 atom stereocenters. The van der Waals surface area contributed by atoms with Crippen molar-refractivity contribution in [2.24, 2.45) is 0 Å². The van der Waals surface area contributed by atoms with Gasteiger partial charge in [-0.05, 0) is 30.5 Å². The van der Waals surface area contributed by atoms with Crippen LogP contribution >= 0.6 is 0 Å². The van der Waals surface area contributed by atoms with E-state index in [0.717, 1.165) is 25.9 Å². The van der Waals surface area contributed by atoms with Crippen molar-refractivity contribution >= 4 is 11.6 Å². The van der Waals surface area contributed by atoms with E-state index in [1.807, 2.05) is 4.90 Å². The van der Waals surface area contributed by atoms with E-state index < -0.39 is 0 Å². The van der Waals surface area contributed by atoms with Crippen LogP contribution in [0.5, 0.6) is 0 Å². The van der Waals surface area contributed by atoms with Crippen LogP contribution in [0.2, 0.25) is 0 Å². The maximum absolute atomic E-state index is 12.1. The van der Waals surface area contributed by atoms with E-state index in [-0.39, 0.29) is 12.5 Å². The predicted molar refractivity (Wildman–Crippen MR) is 61.9 cm³/mol. The summed E-state index contributed by atoms with van der Waals surface area (Å²) in [5, 5.41) is 9.19. The van der Waals surface area contributed by atoms with Crippen LogP contribution in [0, 0.1) is 0 Å². The molecule has 0 aromatic heterocycles. The van der Waals surface area contributed by atoms with Gasteiger partial charge in [-0.2, -0.15) is 0 Å². The molecule has 0 bridgehead atoms. The standard InChI is InChI=1S/C12H16N2O2/c13-10-4-3-9(8-15)11(7-10)12(16)14-5-1-2-6-14/h3-4,7,15H,1-2,5-6,8,13H2. The van der Waals surface area contributed by atoms with E-state index in [1.54, 1.807) is 18.2 Å². The van der Waals surface area contributed by atoms with Crippen LogP contribution in [0.1, 0.15) is 28.8 Å². The number of likely N-dealkylation sites (tertiary alicyclic amines) is 1. The molecule has 0 aliphatic carbocycles. The number of carbonyl (C=O) groups is 1. The lowest BCUT2D eigenvalue weighted by atomic mass is 10.1. The van der Waals surface area contributed by atoms with Gasteiger partial charge in [-0.15, -0.1) is 0 Å². The third kappa shape index (κ3) is 2.02. The normalized spacial score (nSPS) is 15.4. The molecule has 1 aromatic carbocycles. The number of hydrogen-bond acceptors (Lipinski definition) is 3. The summed E-state index contributed by atoms with van der Waals surface area (Å²) < 4.78 is 0. The molecule has 1 fully saturated rings. The van der Waals surface area contributed by atoms with Crippen molar-refractivity contribution in [1.82, 2.24) is 4.90 Å². The SMILES string of the molecule is Nc1ccc(CO)c(C(=O)N2CCCC2)c1. The van der Waals surface area contributed by atoms with Crippen LogP contribution in [0.3, 0.4) is 0 Å². The number of nitrogens with zero attached hydrogens (tertiary/aromatic N) is 1. The molecule has 0 unspecified atom stereocenters. The van der Waals surface area contributed by atoms with Gasteiger partial charge in [0, 0.05) is 24.3 Å². The first-order valence-corrected chi connectivity index (χ1v) is 5.51. The Morgan fingerprint density at radius 1 is 1.38 bits per heavy atom. The number of amides is 1. The lowest BCUT2D eigenvalue weighted by molar-refractivity contribution is 0.0789. The second-order valence-corrected chi connectivity index (χ2v) is 4.07. The van der Waals surface area contributed by atoms with Gasteiger partial charge in [0.1, 0.15) is 0 Å². The number of nitrogens with two attached hydrogens (primary N) is 1. The zero-order valence-corrected chi connectivity index (χ0v) is 9.15. The maximum Gasteiger partial charge on any atom is 0.254 e. The highest BCUT2D eigenvalue weighted by Crippen LogP contribution is 2.18. The summed E-state index contributed by atoms with van der Waals surface area (Å²) in [6.07, 6.45) is 2.12. The van der Waals surface area contributed by atoms with Crippen molar-refractivity contribution in [3.8, 4) is 0 Å². The second-order valence-electron chi connectivity index (χ2n) is 4.07. The molecule has 1 aliphatic heterocycles. The van der Waals surface area contributed by atoms with Crippen LogP contribution < -0.4 is 5.73 Å². The molecule has 0 radical (unpaired) electrons. The van der Waals surface area contributed by atoms with Crippen molar-refractivity contribution in [2.45, 2.75) is 19.4 Å². The molecule has 1 aliphatic rings.